The topological polar surface area (TPSA) is 73.8 Å². The third kappa shape index (κ3) is 1.39. The summed E-state index contributed by atoms with van der Waals surface area (Å²) in [7, 11) is 1.80. The average Bonchev–Trinajstić information content (AvgIpc) is 2.71. The van der Waals surface area contributed by atoms with Gasteiger partial charge in [0.2, 0.25) is 0 Å². The monoisotopic (exact) mass is 208 g/mol. The van der Waals surface area contributed by atoms with Crippen molar-refractivity contribution in [1.82, 2.24) is 15.0 Å². The number of nitrogens with two attached hydrogens (primary N) is 1. The third-order valence-corrected chi connectivity index (χ3v) is 2.80. The number of hydrogen-bond acceptors (Lipinski definition) is 4. The molecular weight excluding hydrogens is 200 g/mol. The fourth-order valence-electron chi connectivity index (χ4n) is 1.15. The smallest absolute Gasteiger partial charge is 0.258 e. The molecule has 2 N–H and O–H groups in total. The number of nitrogens with zero attached hydrogens (tertiary/aromatic N) is 3. The van der Waals surface area contributed by atoms with Crippen molar-refractivity contribution in [2.45, 2.75) is 0 Å². The average molecular weight is 208 g/mol. The van der Waals surface area contributed by atoms with Crippen molar-refractivity contribution < 1.29 is 4.79 Å². The lowest BCUT2D eigenvalue weighted by molar-refractivity contribution is 0.100. The standard InChI is InChI=1S/C8H8N4OS/c1-12-6(3-10-11-12)5-2-7(8(9)13)14-4-5/h2-4H,1H3,(H2,9,13). The van der Waals surface area contributed by atoms with Crippen molar-refractivity contribution in [2.24, 2.45) is 12.8 Å². The van der Waals surface area contributed by atoms with E-state index in [1.165, 1.54) is 11.3 Å². The molecule has 0 aliphatic rings. The van der Waals surface area contributed by atoms with Crippen molar-refractivity contribution in [2.75, 3.05) is 0 Å². The van der Waals surface area contributed by atoms with E-state index in [4.69, 9.17) is 5.73 Å². The highest BCUT2D eigenvalue weighted by molar-refractivity contribution is 7.12. The van der Waals surface area contributed by atoms with Crippen LogP contribution in [0.4, 0.5) is 0 Å². The first kappa shape index (κ1) is 8.89. The van der Waals surface area contributed by atoms with Crippen LogP contribution in [-0.4, -0.2) is 20.9 Å². The molecule has 2 heterocycles. The number of amides is 1. The molecule has 0 bridgehead atoms. The van der Waals surface area contributed by atoms with Gasteiger partial charge >= 0.3 is 0 Å². The summed E-state index contributed by atoms with van der Waals surface area (Å²) in [5.41, 5.74) is 6.93. The molecule has 0 aromatic carbocycles. The minimum absolute atomic E-state index is 0.406. The molecule has 0 saturated heterocycles. The van der Waals surface area contributed by atoms with Gasteiger partial charge in [-0.15, -0.1) is 16.4 Å². The maximum Gasteiger partial charge on any atom is 0.258 e. The van der Waals surface area contributed by atoms with Crippen LogP contribution in [0.15, 0.2) is 17.6 Å². The molecule has 0 fully saturated rings. The van der Waals surface area contributed by atoms with E-state index in [9.17, 15) is 4.79 Å². The van der Waals surface area contributed by atoms with Crippen LogP contribution in [0.2, 0.25) is 0 Å². The summed E-state index contributed by atoms with van der Waals surface area (Å²) >= 11 is 1.32. The second kappa shape index (κ2) is 3.22. The first-order valence-corrected chi connectivity index (χ1v) is 4.80. The molecule has 0 unspecified atom stereocenters. The molecule has 2 aromatic heterocycles. The van der Waals surface area contributed by atoms with Gasteiger partial charge in [-0.05, 0) is 6.07 Å². The lowest BCUT2D eigenvalue weighted by atomic mass is 10.2. The number of aromatic nitrogens is 3. The fraction of sp³-hybridized carbons (Fsp3) is 0.125. The summed E-state index contributed by atoms with van der Waals surface area (Å²) in [5.74, 6) is -0.406. The molecule has 2 aromatic rings. The largest absolute Gasteiger partial charge is 0.365 e. The summed E-state index contributed by atoms with van der Waals surface area (Å²) in [6, 6.07) is 1.74. The van der Waals surface area contributed by atoms with Gasteiger partial charge in [0.05, 0.1) is 16.8 Å². The van der Waals surface area contributed by atoms with Gasteiger partial charge in [0.15, 0.2) is 0 Å². The van der Waals surface area contributed by atoms with E-state index in [2.05, 4.69) is 10.3 Å². The summed E-state index contributed by atoms with van der Waals surface area (Å²) in [6.07, 6.45) is 1.65. The quantitative estimate of drug-likeness (QED) is 0.787. The van der Waals surface area contributed by atoms with Gasteiger partial charge in [-0.25, -0.2) is 4.68 Å². The van der Waals surface area contributed by atoms with Crippen LogP contribution in [0.5, 0.6) is 0 Å². The molecule has 2 rings (SSSR count). The fourth-order valence-corrected chi connectivity index (χ4v) is 1.90. The third-order valence-electron chi connectivity index (χ3n) is 1.85. The summed E-state index contributed by atoms with van der Waals surface area (Å²) in [4.78, 5) is 11.4. The lowest BCUT2D eigenvalue weighted by Gasteiger charge is -1.94. The molecule has 1 amide bonds. The Morgan fingerprint density at radius 2 is 2.43 bits per heavy atom. The van der Waals surface area contributed by atoms with Crippen LogP contribution < -0.4 is 5.73 Å². The number of rotatable bonds is 2. The zero-order chi connectivity index (χ0) is 10.1. The van der Waals surface area contributed by atoms with E-state index < -0.39 is 5.91 Å². The molecule has 0 saturated carbocycles. The number of carbonyl (C=O) groups excluding carboxylic acids is 1. The number of primary amides is 1. The Bertz CT molecular complexity index is 473. The Morgan fingerprint density at radius 1 is 1.64 bits per heavy atom. The van der Waals surface area contributed by atoms with E-state index in [0.29, 0.717) is 4.88 Å². The van der Waals surface area contributed by atoms with Gasteiger partial charge in [0.25, 0.3) is 5.91 Å². The summed E-state index contributed by atoms with van der Waals surface area (Å²) < 4.78 is 1.65. The van der Waals surface area contributed by atoms with Gasteiger partial charge in [-0.1, -0.05) is 5.21 Å². The van der Waals surface area contributed by atoms with Crippen LogP contribution in [0.3, 0.4) is 0 Å². The second-order valence-electron chi connectivity index (χ2n) is 2.81. The normalized spacial score (nSPS) is 10.4. The van der Waals surface area contributed by atoms with Gasteiger partial charge in [-0.2, -0.15) is 0 Å². The maximum absolute atomic E-state index is 10.9. The van der Waals surface area contributed by atoms with Crippen LogP contribution in [0.25, 0.3) is 11.3 Å². The van der Waals surface area contributed by atoms with Gasteiger partial charge in [0.1, 0.15) is 0 Å². The zero-order valence-electron chi connectivity index (χ0n) is 7.47. The summed E-state index contributed by atoms with van der Waals surface area (Å²) in [5, 5.41) is 9.42. The lowest BCUT2D eigenvalue weighted by Crippen LogP contribution is -2.08. The molecule has 72 valence electrons. The Balaban J connectivity index is 2.43. The highest BCUT2D eigenvalue weighted by Crippen LogP contribution is 2.23. The molecule has 0 atom stereocenters. The molecule has 0 aliphatic carbocycles. The number of thiophene rings is 1. The Morgan fingerprint density at radius 3 is 2.93 bits per heavy atom. The van der Waals surface area contributed by atoms with Crippen molar-refractivity contribution >= 4 is 17.2 Å². The maximum atomic E-state index is 10.9. The predicted molar refractivity (Wildman–Crippen MR) is 52.8 cm³/mol. The van der Waals surface area contributed by atoms with E-state index in [1.54, 1.807) is 24.0 Å². The SMILES string of the molecule is Cn1nncc1-c1csc(C(N)=O)c1. The predicted octanol–water partition coefficient (Wildman–Crippen LogP) is 0.643. The summed E-state index contributed by atoms with van der Waals surface area (Å²) in [6.45, 7) is 0. The molecule has 0 spiro atoms. The minimum Gasteiger partial charge on any atom is -0.365 e. The van der Waals surface area contributed by atoms with Gasteiger partial charge in [-0.3, -0.25) is 4.79 Å². The van der Waals surface area contributed by atoms with Crippen LogP contribution in [0, 0.1) is 0 Å². The van der Waals surface area contributed by atoms with E-state index in [-0.39, 0.29) is 0 Å². The molecule has 0 aliphatic heterocycles. The highest BCUT2D eigenvalue weighted by atomic mass is 32.1. The van der Waals surface area contributed by atoms with Gasteiger partial charge in [0, 0.05) is 18.0 Å². The number of carbonyl (C=O) groups is 1. The first-order chi connectivity index (χ1) is 6.68. The molecule has 5 nitrogen and oxygen atoms in total. The highest BCUT2D eigenvalue weighted by Gasteiger charge is 2.09. The van der Waals surface area contributed by atoms with Crippen molar-refractivity contribution in [1.29, 1.82) is 0 Å². The second-order valence-corrected chi connectivity index (χ2v) is 3.72. The molecule has 14 heavy (non-hydrogen) atoms. The van der Waals surface area contributed by atoms with Crippen molar-refractivity contribution in [3.8, 4) is 11.3 Å². The Labute approximate surface area is 84.2 Å². The van der Waals surface area contributed by atoms with Crippen molar-refractivity contribution in [3.05, 3.63) is 22.5 Å². The zero-order valence-corrected chi connectivity index (χ0v) is 8.28. The Hall–Kier alpha value is -1.69. The van der Waals surface area contributed by atoms with Crippen molar-refractivity contribution in [3.63, 3.8) is 0 Å². The minimum atomic E-state index is -0.406. The number of hydrogen-bond donors (Lipinski definition) is 1. The van der Waals surface area contributed by atoms with Crippen LogP contribution in [0.1, 0.15) is 9.67 Å². The first-order valence-electron chi connectivity index (χ1n) is 3.92. The molecular formula is C8H8N4OS. The van der Waals surface area contributed by atoms with Crippen LogP contribution >= 0.6 is 11.3 Å². The van der Waals surface area contributed by atoms with Crippen LogP contribution in [-0.2, 0) is 7.05 Å². The van der Waals surface area contributed by atoms with Gasteiger partial charge < -0.3 is 5.73 Å². The van der Waals surface area contributed by atoms with E-state index in [1.807, 2.05) is 5.38 Å². The number of aryl methyl sites for hydroxylation is 1. The van der Waals surface area contributed by atoms with E-state index >= 15 is 0 Å². The molecule has 6 heteroatoms. The Kier molecular flexibility index (Phi) is 2.05. The molecule has 0 radical (unpaired) electrons. The van der Waals surface area contributed by atoms with E-state index in [0.717, 1.165) is 11.3 Å².